The highest BCUT2D eigenvalue weighted by molar-refractivity contribution is 5.91. The summed E-state index contributed by atoms with van der Waals surface area (Å²) in [4.78, 5) is 19.5. The lowest BCUT2D eigenvalue weighted by Crippen LogP contribution is -2.36. The van der Waals surface area contributed by atoms with E-state index in [1.54, 1.807) is 12.1 Å². The molecule has 0 saturated heterocycles. The van der Waals surface area contributed by atoms with Gasteiger partial charge < -0.3 is 35.0 Å². The van der Waals surface area contributed by atoms with Gasteiger partial charge in [-0.2, -0.15) is 0 Å². The highest BCUT2D eigenvalue weighted by Crippen LogP contribution is 2.37. The van der Waals surface area contributed by atoms with Crippen LogP contribution in [0.15, 0.2) is 39.9 Å². The van der Waals surface area contributed by atoms with Gasteiger partial charge in [0.15, 0.2) is 23.2 Å². The maximum atomic E-state index is 13.5. The molecule has 1 aliphatic rings. The van der Waals surface area contributed by atoms with Crippen molar-refractivity contribution in [1.29, 1.82) is 0 Å². The van der Waals surface area contributed by atoms with Crippen molar-refractivity contribution in [2.45, 2.75) is 53.0 Å². The molecule has 1 heterocycles. The van der Waals surface area contributed by atoms with Gasteiger partial charge in [-0.1, -0.05) is 0 Å². The molecule has 0 radical (unpaired) electrons. The van der Waals surface area contributed by atoms with E-state index in [1.165, 1.54) is 6.26 Å². The van der Waals surface area contributed by atoms with Crippen molar-refractivity contribution < 1.29 is 23.4 Å². The Morgan fingerprint density at radius 1 is 0.972 bits per heavy atom. The van der Waals surface area contributed by atoms with Crippen LogP contribution in [0.5, 0.6) is 17.2 Å². The van der Waals surface area contributed by atoms with Crippen LogP contribution in [0, 0.1) is 11.8 Å². The first-order valence-corrected chi connectivity index (χ1v) is 12.9. The largest absolute Gasteiger partial charge is 0.493 e. The SMILES string of the molecule is CCOc1cc(OCC)c(OCC)cc1CN(CC1CCC(CN=C(N)N)CC1)C(=O)c1ccco1. The molecule has 1 amide bonds. The Hall–Kier alpha value is -3.36. The number of amides is 1. The third-order valence-corrected chi connectivity index (χ3v) is 6.38. The molecule has 9 heteroatoms. The van der Waals surface area contributed by atoms with Gasteiger partial charge in [-0.05, 0) is 76.5 Å². The monoisotopic (exact) mass is 500 g/mol. The average molecular weight is 501 g/mol. The Bertz CT molecular complexity index is 980. The van der Waals surface area contributed by atoms with Gasteiger partial charge in [-0.3, -0.25) is 9.79 Å². The molecule has 1 fully saturated rings. The van der Waals surface area contributed by atoms with Gasteiger partial charge in [-0.25, -0.2) is 0 Å². The summed E-state index contributed by atoms with van der Waals surface area (Å²) < 4.78 is 23.0. The smallest absolute Gasteiger partial charge is 0.289 e. The quantitative estimate of drug-likeness (QED) is 0.312. The van der Waals surface area contributed by atoms with E-state index in [0.717, 1.165) is 31.2 Å². The molecule has 36 heavy (non-hydrogen) atoms. The molecule has 3 rings (SSSR count). The van der Waals surface area contributed by atoms with Crippen LogP contribution in [0.1, 0.15) is 62.6 Å². The van der Waals surface area contributed by atoms with Gasteiger partial charge in [-0.15, -0.1) is 0 Å². The summed E-state index contributed by atoms with van der Waals surface area (Å²) in [6, 6.07) is 7.22. The summed E-state index contributed by atoms with van der Waals surface area (Å²) in [5, 5.41) is 0. The first-order valence-electron chi connectivity index (χ1n) is 12.9. The Kier molecular flexibility index (Phi) is 10.3. The van der Waals surface area contributed by atoms with Crippen LogP contribution in [0.3, 0.4) is 0 Å². The molecule has 198 valence electrons. The summed E-state index contributed by atoms with van der Waals surface area (Å²) in [6.45, 7) is 8.97. The number of hydrogen-bond acceptors (Lipinski definition) is 6. The molecule has 0 spiro atoms. The lowest BCUT2D eigenvalue weighted by atomic mass is 9.81. The number of ether oxygens (including phenoxy) is 3. The summed E-state index contributed by atoms with van der Waals surface area (Å²) in [7, 11) is 0. The molecule has 0 unspecified atom stereocenters. The zero-order chi connectivity index (χ0) is 25.9. The van der Waals surface area contributed by atoms with Crippen molar-refractivity contribution in [3.63, 3.8) is 0 Å². The van der Waals surface area contributed by atoms with E-state index in [4.69, 9.17) is 30.1 Å². The second-order valence-corrected chi connectivity index (χ2v) is 9.02. The highest BCUT2D eigenvalue weighted by Gasteiger charge is 2.28. The number of rotatable bonds is 13. The van der Waals surface area contributed by atoms with Gasteiger partial charge in [0.2, 0.25) is 0 Å². The van der Waals surface area contributed by atoms with Gasteiger partial charge in [0.1, 0.15) is 5.75 Å². The average Bonchev–Trinajstić information content (AvgIpc) is 3.40. The first kappa shape index (κ1) is 27.2. The molecule has 0 bridgehead atoms. The number of carbonyl (C=O) groups is 1. The van der Waals surface area contributed by atoms with Crippen LogP contribution in [0.2, 0.25) is 0 Å². The van der Waals surface area contributed by atoms with E-state index < -0.39 is 0 Å². The van der Waals surface area contributed by atoms with Crippen LogP contribution in [0.4, 0.5) is 0 Å². The third-order valence-electron chi connectivity index (χ3n) is 6.38. The molecule has 9 nitrogen and oxygen atoms in total. The Morgan fingerprint density at radius 2 is 1.58 bits per heavy atom. The van der Waals surface area contributed by atoms with Crippen molar-refractivity contribution in [1.82, 2.24) is 4.90 Å². The number of nitrogens with zero attached hydrogens (tertiary/aromatic N) is 2. The van der Waals surface area contributed by atoms with E-state index in [0.29, 0.717) is 74.3 Å². The second-order valence-electron chi connectivity index (χ2n) is 9.02. The third kappa shape index (κ3) is 7.57. The number of nitrogens with two attached hydrogens (primary N) is 2. The molecule has 2 aromatic rings. The maximum Gasteiger partial charge on any atom is 0.289 e. The van der Waals surface area contributed by atoms with Crippen LogP contribution >= 0.6 is 0 Å². The first-order chi connectivity index (χ1) is 17.4. The lowest BCUT2D eigenvalue weighted by molar-refractivity contribution is 0.0657. The second kappa shape index (κ2) is 13.7. The number of hydrogen-bond donors (Lipinski definition) is 2. The Morgan fingerprint density at radius 3 is 2.17 bits per heavy atom. The van der Waals surface area contributed by atoms with Gasteiger partial charge in [0.05, 0.1) is 26.1 Å². The molecule has 1 aliphatic carbocycles. The van der Waals surface area contributed by atoms with Crippen molar-refractivity contribution in [3.8, 4) is 17.2 Å². The standard InChI is InChI=1S/C27H40N4O5/c1-4-33-23-15-25(35-6-3)24(34-5-2)14-21(23)18-31(26(32)22-8-7-13-36-22)17-20-11-9-19(10-12-20)16-30-27(28)29/h7-8,13-15,19-20H,4-6,9-12,16-18H2,1-3H3,(H4,28,29,30). The summed E-state index contributed by atoms with van der Waals surface area (Å²) >= 11 is 0. The molecule has 1 aromatic carbocycles. The molecule has 0 aliphatic heterocycles. The summed E-state index contributed by atoms with van der Waals surface area (Å²) in [5.74, 6) is 3.13. The minimum absolute atomic E-state index is 0.138. The molecule has 4 N–H and O–H groups in total. The van der Waals surface area contributed by atoms with Crippen LogP contribution < -0.4 is 25.7 Å². The lowest BCUT2D eigenvalue weighted by Gasteiger charge is -2.32. The normalized spacial score (nSPS) is 17.3. The fraction of sp³-hybridized carbons (Fsp3) is 0.556. The zero-order valence-corrected chi connectivity index (χ0v) is 21.7. The summed E-state index contributed by atoms with van der Waals surface area (Å²) in [5.41, 5.74) is 11.9. The van der Waals surface area contributed by atoms with E-state index in [-0.39, 0.29) is 11.9 Å². The maximum absolute atomic E-state index is 13.5. The zero-order valence-electron chi connectivity index (χ0n) is 21.7. The van der Waals surface area contributed by atoms with Gasteiger partial charge in [0.25, 0.3) is 5.91 Å². The van der Waals surface area contributed by atoms with Crippen molar-refractivity contribution >= 4 is 11.9 Å². The van der Waals surface area contributed by atoms with Crippen molar-refractivity contribution in [2.24, 2.45) is 28.3 Å². The minimum atomic E-state index is -0.142. The van der Waals surface area contributed by atoms with Gasteiger partial charge in [0, 0.05) is 31.3 Å². The number of guanidine groups is 1. The molecule has 1 aromatic heterocycles. The van der Waals surface area contributed by atoms with E-state index in [1.807, 2.05) is 37.8 Å². The fourth-order valence-corrected chi connectivity index (χ4v) is 4.66. The van der Waals surface area contributed by atoms with E-state index in [9.17, 15) is 4.79 Å². The number of furan rings is 1. The van der Waals surface area contributed by atoms with Gasteiger partial charge >= 0.3 is 0 Å². The Labute approximate surface area is 213 Å². The van der Waals surface area contributed by atoms with Crippen LogP contribution in [0.25, 0.3) is 0 Å². The highest BCUT2D eigenvalue weighted by atomic mass is 16.5. The number of carbonyl (C=O) groups excluding carboxylic acids is 1. The molecule has 0 atom stereocenters. The number of aliphatic imine (C=N–C) groups is 1. The van der Waals surface area contributed by atoms with Crippen molar-refractivity contribution in [2.75, 3.05) is 32.9 Å². The van der Waals surface area contributed by atoms with E-state index in [2.05, 4.69) is 4.99 Å². The predicted octanol–water partition coefficient (Wildman–Crippen LogP) is 4.20. The summed E-state index contributed by atoms with van der Waals surface area (Å²) in [6.07, 6.45) is 5.62. The fourth-order valence-electron chi connectivity index (χ4n) is 4.66. The topological polar surface area (TPSA) is 126 Å². The van der Waals surface area contributed by atoms with Crippen LogP contribution in [-0.4, -0.2) is 49.7 Å². The molecular weight excluding hydrogens is 460 g/mol. The van der Waals surface area contributed by atoms with Crippen LogP contribution in [-0.2, 0) is 6.54 Å². The Balaban J connectivity index is 1.82. The van der Waals surface area contributed by atoms with Crippen molar-refractivity contribution in [3.05, 3.63) is 41.9 Å². The van der Waals surface area contributed by atoms with E-state index >= 15 is 0 Å². The molecular formula is C27H40N4O5. The predicted molar refractivity (Wildman–Crippen MR) is 140 cm³/mol. The minimum Gasteiger partial charge on any atom is -0.493 e. The number of benzene rings is 1. The molecule has 1 saturated carbocycles.